The average Bonchev–Trinajstić information content (AvgIpc) is 2.33. The predicted octanol–water partition coefficient (Wildman–Crippen LogP) is 3.26. The molecule has 1 unspecified atom stereocenters. The van der Waals surface area contributed by atoms with E-state index in [2.05, 4.69) is 11.4 Å². The van der Waals surface area contributed by atoms with Crippen LogP contribution in [0, 0.1) is 40.4 Å². The van der Waals surface area contributed by atoms with Crippen LogP contribution >= 0.6 is 0 Å². The molecule has 20 heavy (non-hydrogen) atoms. The van der Waals surface area contributed by atoms with Gasteiger partial charge in [-0.3, -0.25) is 4.79 Å². The molecule has 4 aliphatic carbocycles. The Bertz CT molecular complexity index is 399. The van der Waals surface area contributed by atoms with E-state index in [-0.39, 0.29) is 11.9 Å². The van der Waals surface area contributed by atoms with Gasteiger partial charge >= 0.3 is 0 Å². The fourth-order valence-electron chi connectivity index (χ4n) is 5.56. The van der Waals surface area contributed by atoms with E-state index < -0.39 is 5.92 Å². The molecule has 4 aliphatic rings. The number of rotatable bonds is 4. The smallest absolute Gasteiger partial charge is 0.237 e. The molecule has 4 bridgehead atoms. The lowest BCUT2D eigenvalue weighted by molar-refractivity contribution is -0.127. The highest BCUT2D eigenvalue weighted by Gasteiger charge is 2.51. The summed E-state index contributed by atoms with van der Waals surface area (Å²) in [7, 11) is 0. The summed E-state index contributed by atoms with van der Waals surface area (Å²) >= 11 is 0. The highest BCUT2D eigenvalue weighted by atomic mass is 16.1. The second kappa shape index (κ2) is 5.06. The van der Waals surface area contributed by atoms with Gasteiger partial charge in [-0.05, 0) is 82.0 Å². The van der Waals surface area contributed by atoms with Crippen molar-refractivity contribution >= 4 is 5.91 Å². The lowest BCUT2D eigenvalue weighted by Crippen LogP contribution is -2.48. The Morgan fingerprint density at radius 3 is 2.10 bits per heavy atom. The molecule has 0 spiro atoms. The Balaban J connectivity index is 1.70. The molecule has 4 fully saturated rings. The van der Waals surface area contributed by atoms with Crippen LogP contribution in [0.15, 0.2) is 0 Å². The van der Waals surface area contributed by atoms with Gasteiger partial charge in [0, 0.05) is 6.04 Å². The fourth-order valence-corrected chi connectivity index (χ4v) is 5.56. The van der Waals surface area contributed by atoms with Crippen molar-refractivity contribution in [3.8, 4) is 6.07 Å². The van der Waals surface area contributed by atoms with Gasteiger partial charge in [-0.25, -0.2) is 0 Å². The van der Waals surface area contributed by atoms with Crippen LogP contribution in [0.1, 0.15) is 58.8 Å². The first-order chi connectivity index (χ1) is 9.49. The Hall–Kier alpha value is -1.04. The van der Waals surface area contributed by atoms with Crippen LogP contribution < -0.4 is 5.32 Å². The van der Waals surface area contributed by atoms with Gasteiger partial charge in [-0.1, -0.05) is 0 Å². The molecule has 0 aliphatic heterocycles. The van der Waals surface area contributed by atoms with E-state index in [9.17, 15) is 10.1 Å². The van der Waals surface area contributed by atoms with Crippen molar-refractivity contribution < 1.29 is 4.79 Å². The number of nitrogens with one attached hydrogen (secondary N) is 1. The Labute approximate surface area is 122 Å². The summed E-state index contributed by atoms with van der Waals surface area (Å²) in [5, 5.41) is 12.3. The molecule has 110 valence electrons. The van der Waals surface area contributed by atoms with Crippen molar-refractivity contribution in [3.05, 3.63) is 0 Å². The standard InChI is InChI=1S/C17H26N2O/c1-11(2)19-16(20)15(10-18)9-17-6-12-3-13(7-17)5-14(4-12)8-17/h11-15H,3-9H2,1-2H3,(H,19,20). The minimum Gasteiger partial charge on any atom is -0.353 e. The zero-order chi connectivity index (χ0) is 14.3. The molecule has 1 atom stereocenters. The number of nitriles is 1. The van der Waals surface area contributed by atoms with Gasteiger partial charge in [-0.2, -0.15) is 5.26 Å². The van der Waals surface area contributed by atoms with E-state index in [1.54, 1.807) is 0 Å². The van der Waals surface area contributed by atoms with E-state index in [0.29, 0.717) is 5.41 Å². The van der Waals surface area contributed by atoms with Gasteiger partial charge in [0.25, 0.3) is 0 Å². The number of hydrogen-bond donors (Lipinski definition) is 1. The van der Waals surface area contributed by atoms with Gasteiger partial charge in [0.2, 0.25) is 5.91 Å². The maximum Gasteiger partial charge on any atom is 0.237 e. The zero-order valence-electron chi connectivity index (χ0n) is 12.7. The molecule has 0 heterocycles. The Morgan fingerprint density at radius 2 is 1.70 bits per heavy atom. The molecule has 3 heteroatoms. The first-order valence-electron chi connectivity index (χ1n) is 8.20. The molecule has 0 aromatic heterocycles. The third kappa shape index (κ3) is 2.57. The van der Waals surface area contributed by atoms with Gasteiger partial charge in [0.05, 0.1) is 6.07 Å². The van der Waals surface area contributed by atoms with Crippen molar-refractivity contribution in [2.45, 2.75) is 64.8 Å². The van der Waals surface area contributed by atoms with E-state index in [1.807, 2.05) is 13.8 Å². The summed E-state index contributed by atoms with van der Waals surface area (Å²) < 4.78 is 0. The molecular weight excluding hydrogens is 248 g/mol. The molecular formula is C17H26N2O. The van der Waals surface area contributed by atoms with Crippen LogP contribution in [-0.4, -0.2) is 11.9 Å². The number of carbonyl (C=O) groups excluding carboxylic acids is 1. The first-order valence-corrected chi connectivity index (χ1v) is 8.20. The van der Waals surface area contributed by atoms with Crippen molar-refractivity contribution in [1.29, 1.82) is 5.26 Å². The van der Waals surface area contributed by atoms with Crippen LogP contribution in [0.3, 0.4) is 0 Å². The highest BCUT2D eigenvalue weighted by Crippen LogP contribution is 2.61. The van der Waals surface area contributed by atoms with Crippen LogP contribution in [0.25, 0.3) is 0 Å². The molecule has 4 saturated carbocycles. The van der Waals surface area contributed by atoms with E-state index in [4.69, 9.17) is 0 Å². The third-order valence-electron chi connectivity index (χ3n) is 5.71. The van der Waals surface area contributed by atoms with Gasteiger partial charge in [-0.15, -0.1) is 0 Å². The summed E-state index contributed by atoms with van der Waals surface area (Å²) in [5.74, 6) is 2.14. The van der Waals surface area contributed by atoms with E-state index in [1.165, 1.54) is 38.5 Å². The minimum absolute atomic E-state index is 0.0572. The molecule has 1 N–H and O–H groups in total. The molecule has 0 radical (unpaired) electrons. The fraction of sp³-hybridized carbons (Fsp3) is 0.882. The molecule has 4 rings (SSSR count). The lowest BCUT2D eigenvalue weighted by atomic mass is 9.48. The van der Waals surface area contributed by atoms with Crippen LogP contribution in [0.4, 0.5) is 0 Å². The Kier molecular flexibility index (Phi) is 3.52. The van der Waals surface area contributed by atoms with Crippen LogP contribution in [-0.2, 0) is 4.79 Å². The summed E-state index contributed by atoms with van der Waals surface area (Å²) in [4.78, 5) is 12.2. The SMILES string of the molecule is CC(C)NC(=O)C(C#N)CC12CC3CC(CC(C3)C1)C2. The summed E-state index contributed by atoms with van der Waals surface area (Å²) in [6, 6.07) is 2.39. The summed E-state index contributed by atoms with van der Waals surface area (Å²) in [6.07, 6.45) is 8.84. The minimum atomic E-state index is -0.450. The first kappa shape index (κ1) is 13.9. The topological polar surface area (TPSA) is 52.9 Å². The Morgan fingerprint density at radius 1 is 1.20 bits per heavy atom. The normalized spacial score (nSPS) is 39.6. The number of nitrogens with zero attached hydrogens (tertiary/aromatic N) is 1. The van der Waals surface area contributed by atoms with Crippen molar-refractivity contribution in [2.24, 2.45) is 29.1 Å². The van der Waals surface area contributed by atoms with Crippen LogP contribution in [0.5, 0.6) is 0 Å². The molecule has 3 nitrogen and oxygen atoms in total. The zero-order valence-corrected chi connectivity index (χ0v) is 12.7. The predicted molar refractivity (Wildman–Crippen MR) is 77.6 cm³/mol. The quantitative estimate of drug-likeness (QED) is 0.855. The van der Waals surface area contributed by atoms with Gasteiger partial charge in [0.1, 0.15) is 5.92 Å². The van der Waals surface area contributed by atoms with Crippen molar-refractivity contribution in [2.75, 3.05) is 0 Å². The number of carbonyl (C=O) groups is 1. The maximum atomic E-state index is 12.2. The highest BCUT2D eigenvalue weighted by molar-refractivity contribution is 5.81. The number of amides is 1. The molecule has 0 aromatic carbocycles. The molecule has 0 aromatic rings. The lowest BCUT2D eigenvalue weighted by Gasteiger charge is -2.57. The van der Waals surface area contributed by atoms with E-state index >= 15 is 0 Å². The van der Waals surface area contributed by atoms with Gasteiger partial charge in [0.15, 0.2) is 0 Å². The van der Waals surface area contributed by atoms with Crippen molar-refractivity contribution in [1.82, 2.24) is 5.32 Å². The van der Waals surface area contributed by atoms with Crippen LogP contribution in [0.2, 0.25) is 0 Å². The second-order valence-electron chi connectivity index (χ2n) is 7.97. The summed E-state index contributed by atoms with van der Waals surface area (Å²) in [6.45, 7) is 3.91. The summed E-state index contributed by atoms with van der Waals surface area (Å²) in [5.41, 5.74) is 0.309. The third-order valence-corrected chi connectivity index (χ3v) is 5.71. The maximum absolute atomic E-state index is 12.2. The number of hydrogen-bond acceptors (Lipinski definition) is 2. The molecule has 1 amide bonds. The molecule has 0 saturated heterocycles. The second-order valence-corrected chi connectivity index (χ2v) is 7.97. The largest absolute Gasteiger partial charge is 0.353 e. The average molecular weight is 274 g/mol. The van der Waals surface area contributed by atoms with Gasteiger partial charge < -0.3 is 5.32 Å². The van der Waals surface area contributed by atoms with E-state index in [0.717, 1.165) is 24.2 Å². The van der Waals surface area contributed by atoms with Crippen molar-refractivity contribution in [3.63, 3.8) is 0 Å². The monoisotopic (exact) mass is 274 g/mol.